The summed E-state index contributed by atoms with van der Waals surface area (Å²) in [6.07, 6.45) is 4.89. The van der Waals surface area contributed by atoms with E-state index in [0.717, 1.165) is 31.9 Å². The molecule has 0 heterocycles. The van der Waals surface area contributed by atoms with Crippen LogP contribution in [-0.2, 0) is 6.42 Å². The lowest BCUT2D eigenvalue weighted by Gasteiger charge is -2.10. The molecule has 1 aromatic rings. The second kappa shape index (κ2) is 9.06. The van der Waals surface area contributed by atoms with Gasteiger partial charge in [-0.2, -0.15) is 0 Å². The van der Waals surface area contributed by atoms with Gasteiger partial charge in [-0.15, -0.1) is 0 Å². The first kappa shape index (κ1) is 14.0. The highest BCUT2D eigenvalue weighted by molar-refractivity contribution is 5.33. The molecule has 0 spiro atoms. The maximum absolute atomic E-state index is 5.77. The average Bonchev–Trinajstić information content (AvgIpc) is 2.38. The largest absolute Gasteiger partial charge is 0.492 e. The standard InChI is InChI=1S/C15H25NO/c1-3-5-8-11-16-12-13-17-15-10-7-6-9-14(15)4-2/h6-7,9-10,16H,3-5,8,11-13H2,1-2H3. The Bertz CT molecular complexity index is 299. The summed E-state index contributed by atoms with van der Waals surface area (Å²) >= 11 is 0. The monoisotopic (exact) mass is 235 g/mol. The van der Waals surface area contributed by atoms with Crippen LogP contribution in [0.2, 0.25) is 0 Å². The molecule has 2 heteroatoms. The number of rotatable bonds is 9. The van der Waals surface area contributed by atoms with Gasteiger partial charge in [-0.3, -0.25) is 0 Å². The molecular weight excluding hydrogens is 210 g/mol. The van der Waals surface area contributed by atoms with Gasteiger partial charge in [0.25, 0.3) is 0 Å². The molecule has 96 valence electrons. The molecule has 0 saturated carbocycles. The number of nitrogens with one attached hydrogen (secondary N) is 1. The Morgan fingerprint density at radius 2 is 1.88 bits per heavy atom. The molecule has 2 nitrogen and oxygen atoms in total. The van der Waals surface area contributed by atoms with Crippen LogP contribution in [0.25, 0.3) is 0 Å². The van der Waals surface area contributed by atoms with E-state index in [-0.39, 0.29) is 0 Å². The summed E-state index contributed by atoms with van der Waals surface area (Å²) in [5.74, 6) is 1.03. The number of ether oxygens (including phenoxy) is 1. The van der Waals surface area contributed by atoms with Gasteiger partial charge in [0.2, 0.25) is 0 Å². The Hall–Kier alpha value is -1.02. The maximum Gasteiger partial charge on any atom is 0.122 e. The van der Waals surface area contributed by atoms with Crippen LogP contribution < -0.4 is 10.1 Å². The Labute approximate surface area is 105 Å². The van der Waals surface area contributed by atoms with Crippen molar-refractivity contribution in [3.8, 4) is 5.75 Å². The molecular formula is C15H25NO. The summed E-state index contributed by atoms with van der Waals surface area (Å²) < 4.78 is 5.77. The summed E-state index contributed by atoms with van der Waals surface area (Å²) in [4.78, 5) is 0. The average molecular weight is 235 g/mol. The van der Waals surface area contributed by atoms with E-state index in [1.807, 2.05) is 6.07 Å². The maximum atomic E-state index is 5.77. The molecule has 1 rings (SSSR count). The lowest BCUT2D eigenvalue weighted by atomic mass is 10.1. The number of aryl methyl sites for hydroxylation is 1. The van der Waals surface area contributed by atoms with Crippen molar-refractivity contribution >= 4 is 0 Å². The van der Waals surface area contributed by atoms with E-state index < -0.39 is 0 Å². The van der Waals surface area contributed by atoms with E-state index in [1.54, 1.807) is 0 Å². The summed E-state index contributed by atoms with van der Waals surface area (Å²) in [6, 6.07) is 8.28. The molecule has 0 bridgehead atoms. The van der Waals surface area contributed by atoms with Crippen molar-refractivity contribution < 1.29 is 4.74 Å². The molecule has 0 fully saturated rings. The second-order valence-corrected chi connectivity index (χ2v) is 4.27. The van der Waals surface area contributed by atoms with Crippen molar-refractivity contribution in [1.82, 2.24) is 5.32 Å². The molecule has 0 atom stereocenters. The molecule has 0 aromatic heterocycles. The molecule has 0 aliphatic rings. The van der Waals surface area contributed by atoms with Gasteiger partial charge in [0, 0.05) is 6.54 Å². The third-order valence-electron chi connectivity index (χ3n) is 2.85. The van der Waals surface area contributed by atoms with Gasteiger partial charge in [0.05, 0.1) is 0 Å². The second-order valence-electron chi connectivity index (χ2n) is 4.27. The van der Waals surface area contributed by atoms with Crippen molar-refractivity contribution in [2.24, 2.45) is 0 Å². The highest BCUT2D eigenvalue weighted by Gasteiger charge is 1.99. The minimum Gasteiger partial charge on any atom is -0.492 e. The fourth-order valence-electron chi connectivity index (χ4n) is 1.79. The quantitative estimate of drug-likeness (QED) is 0.662. The zero-order chi connectivity index (χ0) is 12.3. The van der Waals surface area contributed by atoms with Crippen LogP contribution in [0.5, 0.6) is 5.75 Å². The molecule has 17 heavy (non-hydrogen) atoms. The molecule has 0 saturated heterocycles. The number of unbranched alkanes of at least 4 members (excludes halogenated alkanes) is 2. The molecule has 1 N–H and O–H groups in total. The van der Waals surface area contributed by atoms with E-state index in [4.69, 9.17) is 4.74 Å². The van der Waals surface area contributed by atoms with Crippen molar-refractivity contribution in [1.29, 1.82) is 0 Å². The zero-order valence-corrected chi connectivity index (χ0v) is 11.2. The van der Waals surface area contributed by atoms with Crippen LogP contribution >= 0.6 is 0 Å². The van der Waals surface area contributed by atoms with Gasteiger partial charge in [0.1, 0.15) is 12.4 Å². The molecule has 0 aliphatic carbocycles. The predicted molar refractivity (Wildman–Crippen MR) is 73.7 cm³/mol. The summed E-state index contributed by atoms with van der Waals surface area (Å²) in [6.45, 7) is 7.17. The van der Waals surface area contributed by atoms with Gasteiger partial charge in [-0.05, 0) is 31.0 Å². The summed E-state index contributed by atoms with van der Waals surface area (Å²) in [5, 5.41) is 3.40. The molecule has 0 amide bonds. The minimum absolute atomic E-state index is 0.753. The van der Waals surface area contributed by atoms with E-state index >= 15 is 0 Å². The minimum atomic E-state index is 0.753. The fraction of sp³-hybridized carbons (Fsp3) is 0.600. The first-order valence-electron chi connectivity index (χ1n) is 6.80. The van der Waals surface area contributed by atoms with Gasteiger partial charge in [-0.1, -0.05) is 44.9 Å². The summed E-state index contributed by atoms with van der Waals surface area (Å²) in [7, 11) is 0. The van der Waals surface area contributed by atoms with Crippen molar-refractivity contribution in [2.75, 3.05) is 19.7 Å². The number of benzene rings is 1. The Morgan fingerprint density at radius 3 is 2.65 bits per heavy atom. The van der Waals surface area contributed by atoms with Crippen LogP contribution in [0, 0.1) is 0 Å². The predicted octanol–water partition coefficient (Wildman–Crippen LogP) is 3.41. The van der Waals surface area contributed by atoms with Gasteiger partial charge < -0.3 is 10.1 Å². The van der Waals surface area contributed by atoms with Crippen LogP contribution in [0.3, 0.4) is 0 Å². The smallest absolute Gasteiger partial charge is 0.122 e. The lowest BCUT2D eigenvalue weighted by Crippen LogP contribution is -2.22. The van der Waals surface area contributed by atoms with Crippen molar-refractivity contribution in [3.05, 3.63) is 29.8 Å². The van der Waals surface area contributed by atoms with E-state index in [1.165, 1.54) is 24.8 Å². The first-order chi connectivity index (χ1) is 8.38. The molecule has 0 unspecified atom stereocenters. The summed E-state index contributed by atoms with van der Waals surface area (Å²) in [5.41, 5.74) is 1.29. The Balaban J connectivity index is 2.13. The third-order valence-corrected chi connectivity index (χ3v) is 2.85. The number of hydrogen-bond donors (Lipinski definition) is 1. The van der Waals surface area contributed by atoms with Crippen LogP contribution in [0.1, 0.15) is 38.7 Å². The van der Waals surface area contributed by atoms with E-state index in [0.29, 0.717) is 0 Å². The van der Waals surface area contributed by atoms with Crippen LogP contribution in [0.4, 0.5) is 0 Å². The third kappa shape index (κ3) is 5.73. The Morgan fingerprint density at radius 1 is 1.06 bits per heavy atom. The Kier molecular flexibility index (Phi) is 7.48. The number of hydrogen-bond acceptors (Lipinski definition) is 2. The van der Waals surface area contributed by atoms with Crippen LogP contribution in [0.15, 0.2) is 24.3 Å². The highest BCUT2D eigenvalue weighted by Crippen LogP contribution is 2.17. The zero-order valence-electron chi connectivity index (χ0n) is 11.2. The lowest BCUT2D eigenvalue weighted by molar-refractivity contribution is 0.311. The van der Waals surface area contributed by atoms with Crippen molar-refractivity contribution in [3.63, 3.8) is 0 Å². The van der Waals surface area contributed by atoms with E-state index in [9.17, 15) is 0 Å². The topological polar surface area (TPSA) is 21.3 Å². The van der Waals surface area contributed by atoms with Gasteiger partial charge in [0.15, 0.2) is 0 Å². The number of para-hydroxylation sites is 1. The highest BCUT2D eigenvalue weighted by atomic mass is 16.5. The molecule has 0 aliphatic heterocycles. The molecule has 0 radical (unpaired) electrons. The van der Waals surface area contributed by atoms with Gasteiger partial charge in [-0.25, -0.2) is 0 Å². The molecule has 1 aromatic carbocycles. The van der Waals surface area contributed by atoms with Crippen molar-refractivity contribution in [2.45, 2.75) is 39.5 Å². The SMILES string of the molecule is CCCCCNCCOc1ccccc1CC. The first-order valence-corrected chi connectivity index (χ1v) is 6.80. The van der Waals surface area contributed by atoms with Gasteiger partial charge >= 0.3 is 0 Å². The normalized spacial score (nSPS) is 10.5. The van der Waals surface area contributed by atoms with E-state index in [2.05, 4.69) is 37.4 Å². The van der Waals surface area contributed by atoms with Crippen LogP contribution in [-0.4, -0.2) is 19.7 Å². The fourth-order valence-corrected chi connectivity index (χ4v) is 1.79.